The van der Waals surface area contributed by atoms with Crippen molar-refractivity contribution >= 4 is 49.9 Å². The molecule has 0 bridgehead atoms. The van der Waals surface area contributed by atoms with Crippen molar-refractivity contribution in [3.8, 4) is 0 Å². The molecule has 6 heteroatoms. The molecular formula is C13H10BrIN2O2. The minimum absolute atomic E-state index is 0.0879. The molecule has 0 radical (unpaired) electrons. The second-order valence-corrected chi connectivity index (χ2v) is 5.88. The van der Waals surface area contributed by atoms with Gasteiger partial charge in [0.25, 0.3) is 5.69 Å². The summed E-state index contributed by atoms with van der Waals surface area (Å²) in [6.07, 6.45) is 0. The Morgan fingerprint density at radius 3 is 2.63 bits per heavy atom. The highest BCUT2D eigenvalue weighted by molar-refractivity contribution is 14.1. The van der Waals surface area contributed by atoms with E-state index in [1.54, 1.807) is 6.07 Å². The van der Waals surface area contributed by atoms with E-state index in [1.165, 1.54) is 12.1 Å². The van der Waals surface area contributed by atoms with Gasteiger partial charge in [-0.3, -0.25) is 10.1 Å². The Morgan fingerprint density at radius 2 is 2.00 bits per heavy atom. The van der Waals surface area contributed by atoms with E-state index in [4.69, 9.17) is 0 Å². The Labute approximate surface area is 132 Å². The zero-order valence-electron chi connectivity index (χ0n) is 9.77. The standard InChI is InChI=1S/C13H10BrIN2O2/c14-11-7-10(17(18)19)6-5-9(11)8-16-13-4-2-1-3-12(13)15/h1-7,16H,8H2. The number of benzene rings is 2. The average Bonchev–Trinajstić information content (AvgIpc) is 2.39. The lowest BCUT2D eigenvalue weighted by Gasteiger charge is -2.09. The van der Waals surface area contributed by atoms with Gasteiger partial charge in [0.2, 0.25) is 0 Å². The van der Waals surface area contributed by atoms with Crippen LogP contribution in [0.25, 0.3) is 0 Å². The van der Waals surface area contributed by atoms with Crippen LogP contribution in [0.3, 0.4) is 0 Å². The molecule has 0 aliphatic carbocycles. The van der Waals surface area contributed by atoms with Crippen molar-refractivity contribution in [1.82, 2.24) is 0 Å². The number of rotatable bonds is 4. The van der Waals surface area contributed by atoms with E-state index >= 15 is 0 Å². The molecule has 0 saturated heterocycles. The van der Waals surface area contributed by atoms with Crippen LogP contribution in [0.1, 0.15) is 5.56 Å². The highest BCUT2D eigenvalue weighted by Gasteiger charge is 2.09. The largest absolute Gasteiger partial charge is 0.380 e. The SMILES string of the molecule is O=[N+]([O-])c1ccc(CNc2ccccc2I)c(Br)c1. The van der Waals surface area contributed by atoms with Crippen LogP contribution in [0.2, 0.25) is 0 Å². The van der Waals surface area contributed by atoms with Crippen molar-refractivity contribution in [2.45, 2.75) is 6.54 Å². The minimum Gasteiger partial charge on any atom is -0.380 e. The van der Waals surface area contributed by atoms with E-state index in [0.29, 0.717) is 6.54 Å². The van der Waals surface area contributed by atoms with Crippen LogP contribution >= 0.6 is 38.5 Å². The number of non-ortho nitro benzene ring substituents is 1. The second kappa shape index (κ2) is 6.33. The van der Waals surface area contributed by atoms with Gasteiger partial charge in [-0.15, -0.1) is 0 Å². The molecule has 2 aromatic rings. The van der Waals surface area contributed by atoms with Crippen LogP contribution in [0.5, 0.6) is 0 Å². The van der Waals surface area contributed by atoms with Gasteiger partial charge in [-0.05, 0) is 46.4 Å². The lowest BCUT2D eigenvalue weighted by Crippen LogP contribution is -2.02. The predicted octanol–water partition coefficient (Wildman–Crippen LogP) is 4.57. The Morgan fingerprint density at radius 1 is 1.26 bits per heavy atom. The molecule has 2 rings (SSSR count). The van der Waals surface area contributed by atoms with Crippen LogP contribution in [-0.2, 0) is 6.54 Å². The maximum Gasteiger partial charge on any atom is 0.270 e. The van der Waals surface area contributed by atoms with Crippen LogP contribution < -0.4 is 5.32 Å². The topological polar surface area (TPSA) is 55.2 Å². The van der Waals surface area contributed by atoms with E-state index in [2.05, 4.69) is 43.8 Å². The number of nitro benzene ring substituents is 1. The Bertz CT molecular complexity index is 619. The van der Waals surface area contributed by atoms with Gasteiger partial charge in [0.1, 0.15) is 0 Å². The number of hydrogen-bond acceptors (Lipinski definition) is 3. The monoisotopic (exact) mass is 432 g/mol. The van der Waals surface area contributed by atoms with Crippen LogP contribution in [-0.4, -0.2) is 4.92 Å². The summed E-state index contributed by atoms with van der Waals surface area (Å²) in [6.45, 7) is 0.610. The van der Waals surface area contributed by atoms with E-state index in [-0.39, 0.29) is 5.69 Å². The molecule has 1 N–H and O–H groups in total. The van der Waals surface area contributed by atoms with Crippen molar-refractivity contribution in [1.29, 1.82) is 0 Å². The first-order valence-corrected chi connectivity index (χ1v) is 7.36. The van der Waals surface area contributed by atoms with Gasteiger partial charge < -0.3 is 5.32 Å². The summed E-state index contributed by atoms with van der Waals surface area (Å²) < 4.78 is 1.87. The number of para-hydroxylation sites is 1. The van der Waals surface area contributed by atoms with Crippen LogP contribution in [0.4, 0.5) is 11.4 Å². The van der Waals surface area contributed by atoms with E-state index in [0.717, 1.165) is 19.3 Å². The zero-order valence-corrected chi connectivity index (χ0v) is 13.5. The first kappa shape index (κ1) is 14.3. The van der Waals surface area contributed by atoms with Crippen molar-refractivity contribution in [2.75, 3.05) is 5.32 Å². The number of nitro groups is 1. The van der Waals surface area contributed by atoms with E-state index < -0.39 is 4.92 Å². The molecular weight excluding hydrogens is 423 g/mol. The molecule has 0 spiro atoms. The molecule has 0 aliphatic rings. The van der Waals surface area contributed by atoms with Gasteiger partial charge in [-0.1, -0.05) is 28.1 Å². The fourth-order valence-electron chi connectivity index (χ4n) is 1.59. The third-order valence-electron chi connectivity index (χ3n) is 2.59. The minimum atomic E-state index is -0.401. The first-order chi connectivity index (χ1) is 9.08. The number of hydrogen-bond donors (Lipinski definition) is 1. The van der Waals surface area contributed by atoms with Crippen molar-refractivity contribution in [2.24, 2.45) is 0 Å². The normalized spacial score (nSPS) is 10.2. The molecule has 0 amide bonds. The summed E-state index contributed by atoms with van der Waals surface area (Å²) in [4.78, 5) is 10.3. The van der Waals surface area contributed by atoms with Crippen LogP contribution in [0, 0.1) is 13.7 Å². The zero-order chi connectivity index (χ0) is 13.8. The molecule has 0 fully saturated rings. The van der Waals surface area contributed by atoms with E-state index in [1.807, 2.05) is 24.3 Å². The van der Waals surface area contributed by atoms with Gasteiger partial charge in [-0.25, -0.2) is 0 Å². The van der Waals surface area contributed by atoms with Gasteiger partial charge in [0, 0.05) is 32.4 Å². The fraction of sp³-hybridized carbons (Fsp3) is 0.0769. The molecule has 19 heavy (non-hydrogen) atoms. The first-order valence-electron chi connectivity index (χ1n) is 5.49. The van der Waals surface area contributed by atoms with Crippen molar-refractivity contribution in [3.63, 3.8) is 0 Å². The van der Waals surface area contributed by atoms with Crippen molar-refractivity contribution < 1.29 is 4.92 Å². The number of nitrogens with zero attached hydrogens (tertiary/aromatic N) is 1. The summed E-state index contributed by atoms with van der Waals surface area (Å²) in [5.41, 5.74) is 2.11. The molecule has 98 valence electrons. The maximum absolute atomic E-state index is 10.7. The average molecular weight is 433 g/mol. The Kier molecular flexibility index (Phi) is 4.76. The second-order valence-electron chi connectivity index (χ2n) is 3.87. The highest BCUT2D eigenvalue weighted by Crippen LogP contribution is 2.24. The summed E-state index contributed by atoms with van der Waals surface area (Å²) in [6, 6.07) is 12.8. The summed E-state index contributed by atoms with van der Waals surface area (Å²) >= 11 is 5.62. The smallest absolute Gasteiger partial charge is 0.270 e. The molecule has 0 unspecified atom stereocenters. The van der Waals surface area contributed by atoms with E-state index in [9.17, 15) is 10.1 Å². The lowest BCUT2D eigenvalue weighted by atomic mass is 10.2. The third-order valence-corrected chi connectivity index (χ3v) is 4.27. The molecule has 0 aromatic heterocycles. The quantitative estimate of drug-likeness (QED) is 0.437. The Balaban J connectivity index is 2.12. The number of anilines is 1. The summed E-state index contributed by atoms with van der Waals surface area (Å²) in [5.74, 6) is 0. The molecule has 0 aliphatic heterocycles. The third kappa shape index (κ3) is 3.66. The number of nitrogens with one attached hydrogen (secondary N) is 1. The fourth-order valence-corrected chi connectivity index (χ4v) is 2.67. The Hall–Kier alpha value is -1.15. The molecule has 0 atom stereocenters. The molecule has 0 saturated carbocycles. The highest BCUT2D eigenvalue weighted by atomic mass is 127. The summed E-state index contributed by atoms with van der Waals surface area (Å²) in [5, 5.41) is 14.0. The lowest BCUT2D eigenvalue weighted by molar-refractivity contribution is -0.384. The van der Waals surface area contributed by atoms with Gasteiger partial charge in [0.05, 0.1) is 4.92 Å². The van der Waals surface area contributed by atoms with Crippen LogP contribution in [0.15, 0.2) is 46.9 Å². The molecule has 2 aromatic carbocycles. The molecule has 0 heterocycles. The van der Waals surface area contributed by atoms with Crippen molar-refractivity contribution in [3.05, 3.63) is 66.2 Å². The maximum atomic E-state index is 10.7. The summed E-state index contributed by atoms with van der Waals surface area (Å²) in [7, 11) is 0. The molecule has 4 nitrogen and oxygen atoms in total. The predicted molar refractivity (Wildman–Crippen MR) is 87.3 cm³/mol. The van der Waals surface area contributed by atoms with Gasteiger partial charge >= 0.3 is 0 Å². The van der Waals surface area contributed by atoms with Gasteiger partial charge in [-0.2, -0.15) is 0 Å². The van der Waals surface area contributed by atoms with Gasteiger partial charge in [0.15, 0.2) is 0 Å². The number of halogens is 2.